The van der Waals surface area contributed by atoms with Crippen LogP contribution in [0.25, 0.3) is 5.69 Å². The van der Waals surface area contributed by atoms with E-state index in [-0.39, 0.29) is 30.7 Å². The number of nitrogens with one attached hydrogen (secondary N) is 2. The van der Waals surface area contributed by atoms with Crippen molar-refractivity contribution in [2.24, 2.45) is 0 Å². The maximum atomic E-state index is 13.1. The predicted molar refractivity (Wildman–Crippen MR) is 160 cm³/mol. The number of nitrogens with zero attached hydrogens (tertiary/aromatic N) is 3. The Morgan fingerprint density at radius 2 is 1.90 bits per heavy atom. The van der Waals surface area contributed by atoms with Crippen molar-refractivity contribution in [3.63, 3.8) is 0 Å². The van der Waals surface area contributed by atoms with E-state index in [1.165, 1.54) is 34.4 Å². The number of benzene rings is 1. The maximum absolute atomic E-state index is 13.1. The number of esters is 1. The minimum absolute atomic E-state index is 0.0432. The van der Waals surface area contributed by atoms with Crippen LogP contribution in [0.3, 0.4) is 0 Å². The molecule has 0 saturated heterocycles. The topological polar surface area (TPSA) is 124 Å². The molecule has 1 aliphatic carbocycles. The number of hydrogen-bond donors (Lipinski definition) is 2. The summed E-state index contributed by atoms with van der Waals surface area (Å²) in [4.78, 5) is 40.0. The van der Waals surface area contributed by atoms with Crippen molar-refractivity contribution in [1.29, 1.82) is 0 Å². The van der Waals surface area contributed by atoms with Crippen molar-refractivity contribution in [2.45, 2.75) is 44.8 Å². The zero-order valence-corrected chi connectivity index (χ0v) is 25.0. The van der Waals surface area contributed by atoms with E-state index in [0.717, 1.165) is 41.1 Å². The van der Waals surface area contributed by atoms with Crippen molar-refractivity contribution in [3.8, 4) is 11.4 Å². The fourth-order valence-electron chi connectivity index (χ4n) is 4.48. The summed E-state index contributed by atoms with van der Waals surface area (Å²) >= 11 is 4.02. The van der Waals surface area contributed by atoms with Gasteiger partial charge in [-0.3, -0.25) is 14.2 Å². The molecule has 1 aliphatic rings. The van der Waals surface area contributed by atoms with Gasteiger partial charge < -0.3 is 20.1 Å². The Hall–Kier alpha value is -3.68. The van der Waals surface area contributed by atoms with Gasteiger partial charge in [-0.1, -0.05) is 17.8 Å². The van der Waals surface area contributed by atoms with E-state index in [1.54, 1.807) is 13.0 Å². The first-order valence-electron chi connectivity index (χ1n) is 13.2. The van der Waals surface area contributed by atoms with Crippen LogP contribution in [-0.2, 0) is 28.9 Å². The Balaban J connectivity index is 1.33. The van der Waals surface area contributed by atoms with Crippen LogP contribution in [0.15, 0.2) is 46.9 Å². The van der Waals surface area contributed by atoms with Gasteiger partial charge in [0.25, 0.3) is 5.91 Å². The van der Waals surface area contributed by atoms with Gasteiger partial charge in [0.05, 0.1) is 36.0 Å². The number of anilines is 1. The first kappa shape index (κ1) is 28.8. The number of rotatable bonds is 12. The molecule has 41 heavy (non-hydrogen) atoms. The van der Waals surface area contributed by atoms with E-state index >= 15 is 0 Å². The normalized spacial score (nSPS) is 12.1. The second-order valence-corrected chi connectivity index (χ2v) is 11.9. The monoisotopic (exact) mass is 611 g/mol. The van der Waals surface area contributed by atoms with Gasteiger partial charge in [-0.2, -0.15) is 0 Å². The van der Waals surface area contributed by atoms with E-state index < -0.39 is 5.97 Å². The van der Waals surface area contributed by atoms with E-state index in [0.29, 0.717) is 33.0 Å². The van der Waals surface area contributed by atoms with Crippen LogP contribution < -0.4 is 15.4 Å². The average Bonchev–Trinajstić information content (AvgIpc) is 3.76. The van der Waals surface area contributed by atoms with Crippen LogP contribution in [0.1, 0.15) is 56.6 Å². The van der Waals surface area contributed by atoms with E-state index in [1.807, 2.05) is 47.2 Å². The van der Waals surface area contributed by atoms with Crippen molar-refractivity contribution < 1.29 is 23.9 Å². The Morgan fingerprint density at radius 1 is 1.07 bits per heavy atom. The Morgan fingerprint density at radius 3 is 2.63 bits per heavy atom. The standard InChI is InChI=1S/C28H29N5O5S3/c1-3-37-18-12-10-17(11-13-18)33-22(15-29-25(35)21-9-6-14-39-21)31-32-28(33)40-16-23(34)30-26-24(27(36)38-4-2)19-7-5-8-20(19)41-26/h6,9-14H,3-5,7-8,15-16H2,1-2H3,(H,29,35)(H,30,34). The molecular weight excluding hydrogens is 583 g/mol. The van der Waals surface area contributed by atoms with Crippen LogP contribution in [0.5, 0.6) is 5.75 Å². The average molecular weight is 612 g/mol. The van der Waals surface area contributed by atoms with E-state index in [2.05, 4.69) is 20.8 Å². The summed E-state index contributed by atoms with van der Waals surface area (Å²) < 4.78 is 12.7. The van der Waals surface area contributed by atoms with Crippen molar-refractivity contribution >= 4 is 57.2 Å². The summed E-state index contributed by atoms with van der Waals surface area (Å²) in [6.07, 6.45) is 2.70. The highest BCUT2D eigenvalue weighted by atomic mass is 32.2. The van der Waals surface area contributed by atoms with Crippen LogP contribution in [0.4, 0.5) is 5.00 Å². The minimum Gasteiger partial charge on any atom is -0.494 e. The quantitative estimate of drug-likeness (QED) is 0.167. The summed E-state index contributed by atoms with van der Waals surface area (Å²) in [5.74, 6) is 0.414. The SMILES string of the molecule is CCOC(=O)c1c(NC(=O)CSc2nnc(CNC(=O)c3cccs3)n2-c2ccc(OCC)cc2)sc2c1CCC2. The van der Waals surface area contributed by atoms with Gasteiger partial charge in [-0.15, -0.1) is 32.9 Å². The molecule has 13 heteroatoms. The highest BCUT2D eigenvalue weighted by Gasteiger charge is 2.28. The maximum Gasteiger partial charge on any atom is 0.341 e. The lowest BCUT2D eigenvalue weighted by molar-refractivity contribution is -0.113. The largest absolute Gasteiger partial charge is 0.494 e. The zero-order valence-electron chi connectivity index (χ0n) is 22.6. The van der Waals surface area contributed by atoms with Crippen LogP contribution >= 0.6 is 34.4 Å². The molecule has 0 fully saturated rings. The molecule has 0 radical (unpaired) electrons. The summed E-state index contributed by atoms with van der Waals surface area (Å²) in [5, 5.41) is 17.3. The van der Waals surface area contributed by atoms with Crippen LogP contribution in [0, 0.1) is 0 Å². The number of carbonyl (C=O) groups excluding carboxylic acids is 3. The van der Waals surface area contributed by atoms with Gasteiger partial charge >= 0.3 is 5.97 Å². The fraction of sp³-hybridized carbons (Fsp3) is 0.321. The molecule has 10 nitrogen and oxygen atoms in total. The second-order valence-electron chi connectivity index (χ2n) is 8.94. The summed E-state index contributed by atoms with van der Waals surface area (Å²) in [5.41, 5.74) is 2.23. The lowest BCUT2D eigenvalue weighted by Crippen LogP contribution is -2.24. The van der Waals surface area contributed by atoms with Crippen molar-refractivity contribution in [3.05, 3.63) is 68.5 Å². The molecule has 5 rings (SSSR count). The molecular formula is C28H29N5O5S3. The third-order valence-corrected chi connectivity index (χ3v) is 9.25. The van der Waals surface area contributed by atoms with E-state index in [4.69, 9.17) is 9.47 Å². The molecule has 1 aromatic carbocycles. The number of amides is 2. The summed E-state index contributed by atoms with van der Waals surface area (Å²) in [7, 11) is 0. The highest BCUT2D eigenvalue weighted by molar-refractivity contribution is 7.99. The molecule has 0 bridgehead atoms. The molecule has 2 N–H and O–H groups in total. The summed E-state index contributed by atoms with van der Waals surface area (Å²) in [6.45, 7) is 4.65. The number of ether oxygens (including phenoxy) is 2. The number of carbonyl (C=O) groups is 3. The minimum atomic E-state index is -0.403. The predicted octanol–water partition coefficient (Wildman–Crippen LogP) is 5.12. The highest BCUT2D eigenvalue weighted by Crippen LogP contribution is 2.39. The third kappa shape index (κ3) is 6.63. The molecule has 0 saturated carbocycles. The van der Waals surface area contributed by atoms with Gasteiger partial charge in [0, 0.05) is 10.6 Å². The fourth-order valence-corrected chi connectivity index (χ4v) is 7.19. The molecule has 3 heterocycles. The van der Waals surface area contributed by atoms with Crippen LogP contribution in [-0.4, -0.2) is 51.5 Å². The number of fused-ring (bicyclic) bond motifs is 1. The molecule has 0 aliphatic heterocycles. The molecule has 0 unspecified atom stereocenters. The molecule has 4 aromatic rings. The number of thioether (sulfide) groups is 1. The number of aryl methyl sites for hydroxylation is 1. The first-order valence-corrected chi connectivity index (χ1v) is 15.9. The lowest BCUT2D eigenvalue weighted by atomic mass is 10.1. The number of aromatic nitrogens is 3. The Kier molecular flexibility index (Phi) is 9.37. The van der Waals surface area contributed by atoms with Gasteiger partial charge in [-0.05, 0) is 74.4 Å². The van der Waals surface area contributed by atoms with Crippen molar-refractivity contribution in [2.75, 3.05) is 24.3 Å². The van der Waals surface area contributed by atoms with Gasteiger partial charge in [0.1, 0.15) is 10.8 Å². The van der Waals surface area contributed by atoms with Gasteiger partial charge in [-0.25, -0.2) is 4.79 Å². The molecule has 2 amide bonds. The lowest BCUT2D eigenvalue weighted by Gasteiger charge is -2.12. The molecule has 3 aromatic heterocycles. The smallest absolute Gasteiger partial charge is 0.341 e. The zero-order chi connectivity index (χ0) is 28.8. The first-order chi connectivity index (χ1) is 20.0. The molecule has 0 spiro atoms. The Labute approximate surface area is 249 Å². The van der Waals surface area contributed by atoms with Crippen LogP contribution in [0.2, 0.25) is 0 Å². The summed E-state index contributed by atoms with van der Waals surface area (Å²) in [6, 6.07) is 11.0. The molecule has 0 atom stereocenters. The van der Waals surface area contributed by atoms with Crippen molar-refractivity contribution in [1.82, 2.24) is 20.1 Å². The molecule has 214 valence electrons. The van der Waals surface area contributed by atoms with E-state index in [9.17, 15) is 14.4 Å². The Bertz CT molecular complexity index is 1530. The van der Waals surface area contributed by atoms with Gasteiger partial charge in [0.2, 0.25) is 5.91 Å². The number of hydrogen-bond acceptors (Lipinski definition) is 10. The number of thiophene rings is 2. The van der Waals surface area contributed by atoms with Gasteiger partial charge in [0.15, 0.2) is 11.0 Å². The third-order valence-electron chi connectivity index (χ3n) is 6.24. The second kappa shape index (κ2) is 13.3.